The normalized spacial score (nSPS) is 37.6. The molecule has 1 N–H and O–H groups in total. The highest BCUT2D eigenvalue weighted by atomic mass is 16.1. The van der Waals surface area contributed by atoms with Crippen molar-refractivity contribution in [1.82, 2.24) is 5.32 Å². The Kier molecular flexibility index (Phi) is 1.63. The minimum atomic E-state index is 0.144. The van der Waals surface area contributed by atoms with E-state index in [1.54, 1.807) is 0 Å². The lowest BCUT2D eigenvalue weighted by Crippen LogP contribution is -2.27. The number of hydrogen-bond donors (Lipinski definition) is 1. The van der Waals surface area contributed by atoms with Crippen LogP contribution in [0.15, 0.2) is 0 Å². The summed E-state index contributed by atoms with van der Waals surface area (Å²) in [7, 11) is 0. The van der Waals surface area contributed by atoms with E-state index in [2.05, 4.69) is 12.2 Å². The number of carbonyl (C=O) groups excluding carboxylic acids is 1. The predicted octanol–water partition coefficient (Wildman–Crippen LogP) is 0.326. The summed E-state index contributed by atoms with van der Waals surface area (Å²) < 4.78 is 0. The van der Waals surface area contributed by atoms with E-state index >= 15 is 0 Å². The number of aldehydes is 1. The van der Waals surface area contributed by atoms with Gasteiger partial charge in [-0.3, -0.25) is 0 Å². The van der Waals surface area contributed by atoms with Gasteiger partial charge in [-0.25, -0.2) is 0 Å². The van der Waals surface area contributed by atoms with Crippen LogP contribution in [0.25, 0.3) is 0 Å². The Hall–Kier alpha value is -0.370. The predicted molar refractivity (Wildman–Crippen MR) is 31.7 cm³/mol. The summed E-state index contributed by atoms with van der Waals surface area (Å²) in [5.41, 5.74) is 0. The maximum atomic E-state index is 10.1. The lowest BCUT2D eigenvalue weighted by molar-refractivity contribution is -0.109. The minimum Gasteiger partial charge on any atom is -0.305 e. The van der Waals surface area contributed by atoms with Gasteiger partial charge in [0, 0.05) is 6.04 Å². The van der Waals surface area contributed by atoms with Crippen LogP contribution >= 0.6 is 0 Å². The SMILES string of the molecule is C[C@@H]1CC[C@H](C=O)N1. The minimum absolute atomic E-state index is 0.144. The van der Waals surface area contributed by atoms with Gasteiger partial charge in [0.05, 0.1) is 6.04 Å². The summed E-state index contributed by atoms with van der Waals surface area (Å²) >= 11 is 0. The highest BCUT2D eigenvalue weighted by Gasteiger charge is 2.18. The fourth-order valence-corrected chi connectivity index (χ4v) is 1.07. The highest BCUT2D eigenvalue weighted by Crippen LogP contribution is 2.08. The van der Waals surface area contributed by atoms with Crippen LogP contribution in [0.5, 0.6) is 0 Å². The van der Waals surface area contributed by atoms with Gasteiger partial charge in [-0.05, 0) is 19.8 Å². The second-order valence-corrected chi connectivity index (χ2v) is 2.39. The molecule has 0 aromatic heterocycles. The van der Waals surface area contributed by atoms with Crippen molar-refractivity contribution in [2.24, 2.45) is 0 Å². The standard InChI is InChI=1S/C6H11NO/c1-5-2-3-6(4-8)7-5/h4-7H,2-3H2,1H3/t5-,6-/m1/s1. The van der Waals surface area contributed by atoms with E-state index in [1.807, 2.05) is 0 Å². The van der Waals surface area contributed by atoms with Gasteiger partial charge in [-0.2, -0.15) is 0 Å². The summed E-state index contributed by atoms with van der Waals surface area (Å²) in [4.78, 5) is 10.1. The Bertz CT molecular complexity index is 92.5. The van der Waals surface area contributed by atoms with Crippen LogP contribution < -0.4 is 5.32 Å². The molecule has 0 amide bonds. The molecule has 0 unspecified atom stereocenters. The number of carbonyl (C=O) groups is 1. The van der Waals surface area contributed by atoms with Crippen LogP contribution in [0.3, 0.4) is 0 Å². The van der Waals surface area contributed by atoms with Crippen molar-refractivity contribution < 1.29 is 4.79 Å². The molecular weight excluding hydrogens is 102 g/mol. The van der Waals surface area contributed by atoms with E-state index in [-0.39, 0.29) is 6.04 Å². The first-order valence-corrected chi connectivity index (χ1v) is 3.04. The van der Waals surface area contributed by atoms with Crippen molar-refractivity contribution in [2.45, 2.75) is 31.8 Å². The van der Waals surface area contributed by atoms with Crippen LogP contribution in [0, 0.1) is 0 Å². The van der Waals surface area contributed by atoms with Gasteiger partial charge in [-0.15, -0.1) is 0 Å². The molecule has 2 nitrogen and oxygen atoms in total. The van der Waals surface area contributed by atoms with E-state index in [1.165, 1.54) is 0 Å². The number of rotatable bonds is 1. The Morgan fingerprint density at radius 3 is 2.62 bits per heavy atom. The number of nitrogens with one attached hydrogen (secondary N) is 1. The first kappa shape index (κ1) is 5.76. The van der Waals surface area contributed by atoms with Crippen molar-refractivity contribution >= 4 is 6.29 Å². The van der Waals surface area contributed by atoms with Crippen LogP contribution in [0.1, 0.15) is 19.8 Å². The van der Waals surface area contributed by atoms with Crippen molar-refractivity contribution in [3.05, 3.63) is 0 Å². The smallest absolute Gasteiger partial charge is 0.136 e. The molecule has 0 bridgehead atoms. The van der Waals surface area contributed by atoms with Gasteiger partial charge in [0.1, 0.15) is 6.29 Å². The molecule has 0 spiro atoms. The second-order valence-electron chi connectivity index (χ2n) is 2.39. The molecule has 8 heavy (non-hydrogen) atoms. The first-order valence-electron chi connectivity index (χ1n) is 3.04. The summed E-state index contributed by atoms with van der Waals surface area (Å²) in [5.74, 6) is 0. The molecular formula is C6H11NO. The summed E-state index contributed by atoms with van der Waals surface area (Å²) in [5, 5.41) is 3.14. The molecule has 0 aromatic carbocycles. The third kappa shape index (κ3) is 1.07. The lowest BCUT2D eigenvalue weighted by atomic mass is 10.2. The van der Waals surface area contributed by atoms with Gasteiger partial charge >= 0.3 is 0 Å². The van der Waals surface area contributed by atoms with Crippen LogP contribution in [0.2, 0.25) is 0 Å². The van der Waals surface area contributed by atoms with Gasteiger partial charge in [0.15, 0.2) is 0 Å². The Morgan fingerprint density at radius 1 is 1.62 bits per heavy atom. The van der Waals surface area contributed by atoms with Gasteiger partial charge in [0.2, 0.25) is 0 Å². The zero-order valence-electron chi connectivity index (χ0n) is 5.05. The molecule has 1 saturated heterocycles. The van der Waals surface area contributed by atoms with Gasteiger partial charge < -0.3 is 10.1 Å². The van der Waals surface area contributed by atoms with Crippen molar-refractivity contribution in [1.29, 1.82) is 0 Å². The topological polar surface area (TPSA) is 29.1 Å². The zero-order valence-corrected chi connectivity index (χ0v) is 5.05. The molecule has 1 heterocycles. The Morgan fingerprint density at radius 2 is 2.38 bits per heavy atom. The maximum absolute atomic E-state index is 10.1. The second kappa shape index (κ2) is 2.27. The molecule has 1 rings (SSSR count). The summed E-state index contributed by atoms with van der Waals surface area (Å²) in [6.45, 7) is 2.10. The number of hydrogen-bond acceptors (Lipinski definition) is 2. The van der Waals surface area contributed by atoms with E-state index in [4.69, 9.17) is 0 Å². The van der Waals surface area contributed by atoms with E-state index < -0.39 is 0 Å². The quantitative estimate of drug-likeness (QED) is 0.496. The fraction of sp³-hybridized carbons (Fsp3) is 0.833. The average molecular weight is 113 g/mol. The maximum Gasteiger partial charge on any atom is 0.136 e. The molecule has 2 atom stereocenters. The molecule has 1 aliphatic rings. The van der Waals surface area contributed by atoms with Gasteiger partial charge in [-0.1, -0.05) is 0 Å². The lowest BCUT2D eigenvalue weighted by Gasteiger charge is -2.00. The van der Waals surface area contributed by atoms with Crippen LogP contribution in [0.4, 0.5) is 0 Å². The highest BCUT2D eigenvalue weighted by molar-refractivity contribution is 5.58. The molecule has 0 radical (unpaired) electrons. The molecule has 0 aromatic rings. The molecule has 1 fully saturated rings. The fourth-order valence-electron chi connectivity index (χ4n) is 1.07. The summed E-state index contributed by atoms with van der Waals surface area (Å²) in [6.07, 6.45) is 3.15. The van der Waals surface area contributed by atoms with E-state index in [0.29, 0.717) is 6.04 Å². The first-order chi connectivity index (χ1) is 3.83. The van der Waals surface area contributed by atoms with Crippen molar-refractivity contribution in [2.75, 3.05) is 0 Å². The Balaban J connectivity index is 2.32. The summed E-state index contributed by atoms with van der Waals surface area (Å²) in [6, 6.07) is 0.690. The zero-order chi connectivity index (χ0) is 5.98. The average Bonchev–Trinajstić information content (AvgIpc) is 2.14. The van der Waals surface area contributed by atoms with E-state index in [0.717, 1.165) is 19.1 Å². The van der Waals surface area contributed by atoms with Crippen molar-refractivity contribution in [3.63, 3.8) is 0 Å². The molecule has 46 valence electrons. The van der Waals surface area contributed by atoms with Crippen molar-refractivity contribution in [3.8, 4) is 0 Å². The van der Waals surface area contributed by atoms with Crippen LogP contribution in [-0.4, -0.2) is 18.4 Å². The third-order valence-corrected chi connectivity index (χ3v) is 1.57. The molecule has 0 aliphatic carbocycles. The third-order valence-electron chi connectivity index (χ3n) is 1.57. The molecule has 2 heteroatoms. The molecule has 0 saturated carbocycles. The largest absolute Gasteiger partial charge is 0.305 e. The van der Waals surface area contributed by atoms with E-state index in [9.17, 15) is 4.79 Å². The van der Waals surface area contributed by atoms with Gasteiger partial charge in [0.25, 0.3) is 0 Å². The Labute approximate surface area is 49.3 Å². The monoisotopic (exact) mass is 113 g/mol. The van der Waals surface area contributed by atoms with Crippen LogP contribution in [-0.2, 0) is 4.79 Å². The molecule has 1 aliphatic heterocycles.